The van der Waals surface area contributed by atoms with Gasteiger partial charge in [-0.3, -0.25) is 4.84 Å². The van der Waals surface area contributed by atoms with Gasteiger partial charge in [-0.15, -0.1) is 0 Å². The van der Waals surface area contributed by atoms with Crippen LogP contribution in [-0.2, 0) is 4.84 Å². The van der Waals surface area contributed by atoms with E-state index in [1.807, 2.05) is 0 Å². The molecule has 1 N–H and O–H groups in total. The van der Waals surface area contributed by atoms with Crippen LogP contribution in [0.15, 0.2) is 12.5 Å². The summed E-state index contributed by atoms with van der Waals surface area (Å²) in [6.45, 7) is 1.26. The number of hydroxylamine groups is 1. The van der Waals surface area contributed by atoms with Crippen molar-refractivity contribution < 1.29 is 14.7 Å². The van der Waals surface area contributed by atoms with Crippen LogP contribution in [0.25, 0.3) is 0 Å². The number of rotatable bonds is 2. The van der Waals surface area contributed by atoms with Crippen LogP contribution in [0.3, 0.4) is 0 Å². The maximum absolute atomic E-state index is 11.0. The fourth-order valence-electron chi connectivity index (χ4n) is 1.61. The smallest absolute Gasteiger partial charge is 0.341 e. The molecule has 6 nitrogen and oxygen atoms in total. The van der Waals surface area contributed by atoms with Gasteiger partial charge in [-0.05, 0) is 19.3 Å². The SMILES string of the molecule is O=C(O)c1cncnc1N1CCCCCO1. The summed E-state index contributed by atoms with van der Waals surface area (Å²) in [5, 5.41) is 10.6. The van der Waals surface area contributed by atoms with Crippen LogP contribution in [0.1, 0.15) is 29.6 Å². The Morgan fingerprint density at radius 1 is 1.44 bits per heavy atom. The highest BCUT2D eigenvalue weighted by molar-refractivity contribution is 5.92. The molecule has 0 aromatic carbocycles. The summed E-state index contributed by atoms with van der Waals surface area (Å²) in [6, 6.07) is 0. The number of carbonyl (C=O) groups is 1. The summed E-state index contributed by atoms with van der Waals surface area (Å²) in [5.74, 6) is -0.701. The quantitative estimate of drug-likeness (QED) is 0.809. The monoisotopic (exact) mass is 223 g/mol. The minimum absolute atomic E-state index is 0.0735. The number of carboxylic acid groups (broad SMARTS) is 1. The molecule has 0 saturated carbocycles. The number of hydrogen-bond donors (Lipinski definition) is 1. The molecule has 0 radical (unpaired) electrons. The van der Waals surface area contributed by atoms with Gasteiger partial charge >= 0.3 is 5.97 Å². The van der Waals surface area contributed by atoms with Crippen molar-refractivity contribution in [2.75, 3.05) is 18.2 Å². The zero-order chi connectivity index (χ0) is 11.4. The molecule has 1 aromatic rings. The third kappa shape index (κ3) is 2.27. The average molecular weight is 223 g/mol. The third-order valence-corrected chi connectivity index (χ3v) is 2.41. The summed E-state index contributed by atoms with van der Waals surface area (Å²) in [5.41, 5.74) is 0.0735. The predicted octanol–water partition coefficient (Wildman–Crippen LogP) is 1.10. The molecule has 1 aromatic heterocycles. The van der Waals surface area contributed by atoms with Crippen molar-refractivity contribution in [3.8, 4) is 0 Å². The molecule has 0 bridgehead atoms. The number of carboxylic acids is 1. The normalized spacial score (nSPS) is 16.9. The molecule has 0 spiro atoms. The van der Waals surface area contributed by atoms with Crippen molar-refractivity contribution in [3.05, 3.63) is 18.1 Å². The van der Waals surface area contributed by atoms with Gasteiger partial charge in [-0.1, -0.05) is 0 Å². The van der Waals surface area contributed by atoms with E-state index in [4.69, 9.17) is 9.94 Å². The van der Waals surface area contributed by atoms with Gasteiger partial charge in [-0.2, -0.15) is 0 Å². The fraction of sp³-hybridized carbons (Fsp3) is 0.500. The number of anilines is 1. The lowest BCUT2D eigenvalue weighted by Crippen LogP contribution is -2.26. The Bertz CT molecular complexity index is 375. The zero-order valence-corrected chi connectivity index (χ0v) is 8.80. The average Bonchev–Trinajstić information content (AvgIpc) is 2.57. The summed E-state index contributed by atoms with van der Waals surface area (Å²) in [7, 11) is 0. The largest absolute Gasteiger partial charge is 0.477 e. The van der Waals surface area contributed by atoms with Crippen LogP contribution in [0.4, 0.5) is 5.82 Å². The van der Waals surface area contributed by atoms with Gasteiger partial charge in [0, 0.05) is 12.7 Å². The van der Waals surface area contributed by atoms with Crippen LogP contribution in [0, 0.1) is 0 Å². The Labute approximate surface area is 92.8 Å². The Morgan fingerprint density at radius 3 is 3.12 bits per heavy atom. The predicted molar refractivity (Wildman–Crippen MR) is 56.1 cm³/mol. The van der Waals surface area contributed by atoms with Crippen LogP contribution in [0.2, 0.25) is 0 Å². The molecule has 0 atom stereocenters. The molecule has 1 saturated heterocycles. The van der Waals surface area contributed by atoms with Crippen molar-refractivity contribution in [1.29, 1.82) is 0 Å². The second-order valence-electron chi connectivity index (χ2n) is 3.56. The summed E-state index contributed by atoms with van der Waals surface area (Å²) < 4.78 is 0. The molecule has 1 aliphatic rings. The molecule has 2 heterocycles. The van der Waals surface area contributed by atoms with Crippen molar-refractivity contribution in [2.24, 2.45) is 0 Å². The van der Waals surface area contributed by atoms with Gasteiger partial charge < -0.3 is 5.11 Å². The van der Waals surface area contributed by atoms with Crippen molar-refractivity contribution in [3.63, 3.8) is 0 Å². The van der Waals surface area contributed by atoms with E-state index in [1.165, 1.54) is 12.5 Å². The van der Waals surface area contributed by atoms with E-state index < -0.39 is 5.97 Å². The van der Waals surface area contributed by atoms with E-state index in [0.717, 1.165) is 19.3 Å². The van der Waals surface area contributed by atoms with Gasteiger partial charge in [0.2, 0.25) is 0 Å². The zero-order valence-electron chi connectivity index (χ0n) is 8.80. The molecule has 2 rings (SSSR count). The molecular formula is C10H13N3O3. The van der Waals surface area contributed by atoms with Gasteiger partial charge in [0.1, 0.15) is 11.9 Å². The molecule has 6 heteroatoms. The summed E-state index contributed by atoms with van der Waals surface area (Å²) in [4.78, 5) is 24.1. The summed E-state index contributed by atoms with van der Waals surface area (Å²) >= 11 is 0. The van der Waals surface area contributed by atoms with E-state index in [-0.39, 0.29) is 5.56 Å². The second-order valence-corrected chi connectivity index (χ2v) is 3.56. The Kier molecular flexibility index (Phi) is 3.31. The van der Waals surface area contributed by atoms with Crippen LogP contribution in [0.5, 0.6) is 0 Å². The standard InChI is InChI=1S/C10H13N3O3/c14-10(15)8-6-11-7-12-9(8)13-4-2-1-3-5-16-13/h6-7H,1-5H2,(H,14,15). The van der Waals surface area contributed by atoms with Gasteiger partial charge in [0.25, 0.3) is 0 Å². The highest BCUT2D eigenvalue weighted by Gasteiger charge is 2.19. The Morgan fingerprint density at radius 2 is 2.31 bits per heavy atom. The minimum Gasteiger partial charge on any atom is -0.477 e. The fourth-order valence-corrected chi connectivity index (χ4v) is 1.61. The molecule has 1 fully saturated rings. The lowest BCUT2D eigenvalue weighted by atomic mass is 10.2. The van der Waals surface area contributed by atoms with E-state index in [1.54, 1.807) is 5.06 Å². The lowest BCUT2D eigenvalue weighted by molar-refractivity contribution is 0.0689. The molecule has 1 aliphatic heterocycles. The van der Waals surface area contributed by atoms with Crippen molar-refractivity contribution >= 4 is 11.8 Å². The van der Waals surface area contributed by atoms with Crippen LogP contribution in [-0.4, -0.2) is 34.2 Å². The van der Waals surface area contributed by atoms with Gasteiger partial charge in [0.05, 0.1) is 6.61 Å². The number of aromatic carboxylic acids is 1. The topological polar surface area (TPSA) is 75.5 Å². The Balaban J connectivity index is 2.27. The van der Waals surface area contributed by atoms with E-state index in [2.05, 4.69) is 9.97 Å². The molecule has 0 amide bonds. The first-order chi connectivity index (χ1) is 7.79. The van der Waals surface area contributed by atoms with Gasteiger partial charge in [0.15, 0.2) is 5.82 Å². The second kappa shape index (κ2) is 4.89. The molecule has 16 heavy (non-hydrogen) atoms. The summed E-state index contributed by atoms with van der Waals surface area (Å²) in [6.07, 6.45) is 5.67. The highest BCUT2D eigenvalue weighted by Crippen LogP contribution is 2.19. The number of nitrogens with zero attached hydrogens (tertiary/aromatic N) is 3. The first-order valence-electron chi connectivity index (χ1n) is 5.23. The maximum Gasteiger partial charge on any atom is 0.341 e. The molecule has 0 unspecified atom stereocenters. The maximum atomic E-state index is 11.0. The Hall–Kier alpha value is -1.69. The van der Waals surface area contributed by atoms with Crippen LogP contribution < -0.4 is 5.06 Å². The lowest BCUT2D eigenvalue weighted by Gasteiger charge is -2.21. The minimum atomic E-state index is -1.04. The van der Waals surface area contributed by atoms with E-state index in [0.29, 0.717) is 19.0 Å². The van der Waals surface area contributed by atoms with Gasteiger partial charge in [-0.25, -0.2) is 19.8 Å². The van der Waals surface area contributed by atoms with Crippen molar-refractivity contribution in [1.82, 2.24) is 9.97 Å². The first-order valence-corrected chi connectivity index (χ1v) is 5.23. The molecule has 86 valence electrons. The van der Waals surface area contributed by atoms with Crippen LogP contribution >= 0.6 is 0 Å². The first kappa shape index (κ1) is 10.8. The van der Waals surface area contributed by atoms with E-state index in [9.17, 15) is 4.79 Å². The van der Waals surface area contributed by atoms with E-state index >= 15 is 0 Å². The third-order valence-electron chi connectivity index (χ3n) is 2.41. The number of hydrogen-bond acceptors (Lipinski definition) is 5. The number of aromatic nitrogens is 2. The molecule has 0 aliphatic carbocycles. The van der Waals surface area contributed by atoms with Crippen molar-refractivity contribution in [2.45, 2.75) is 19.3 Å². The molecular weight excluding hydrogens is 210 g/mol. The highest BCUT2D eigenvalue weighted by atomic mass is 16.7.